The highest BCUT2D eigenvalue weighted by Crippen LogP contribution is 2.32. The first-order chi connectivity index (χ1) is 13.1. The van der Waals surface area contributed by atoms with Crippen molar-refractivity contribution in [1.29, 1.82) is 0 Å². The highest BCUT2D eigenvalue weighted by Gasteiger charge is 2.34. The first-order valence-corrected chi connectivity index (χ1v) is 10.8. The summed E-state index contributed by atoms with van der Waals surface area (Å²) in [4.78, 5) is 29.9. The van der Waals surface area contributed by atoms with E-state index in [2.05, 4.69) is 38.1 Å². The van der Waals surface area contributed by atoms with E-state index in [9.17, 15) is 9.59 Å². The lowest BCUT2D eigenvalue weighted by molar-refractivity contribution is -0.142. The molecular formula is C23H34N2O2. The fraction of sp³-hybridized carbons (Fsp3) is 0.652. The number of hydrogen-bond donors (Lipinski definition) is 0. The van der Waals surface area contributed by atoms with Crippen molar-refractivity contribution in [2.75, 3.05) is 19.6 Å². The molecule has 1 aromatic carbocycles. The molecule has 4 heteroatoms. The zero-order valence-corrected chi connectivity index (χ0v) is 17.0. The minimum absolute atomic E-state index is 0.102. The second-order valence-electron chi connectivity index (χ2n) is 8.15. The fourth-order valence-corrected chi connectivity index (χ4v) is 4.66. The van der Waals surface area contributed by atoms with Gasteiger partial charge in [-0.3, -0.25) is 9.59 Å². The van der Waals surface area contributed by atoms with Gasteiger partial charge < -0.3 is 9.80 Å². The molecule has 0 atom stereocenters. The van der Waals surface area contributed by atoms with Crippen LogP contribution in [0.25, 0.3) is 0 Å². The van der Waals surface area contributed by atoms with Crippen molar-refractivity contribution in [2.24, 2.45) is 11.8 Å². The molecule has 0 bridgehead atoms. The molecule has 1 aromatic rings. The third-order valence-corrected chi connectivity index (χ3v) is 6.17. The van der Waals surface area contributed by atoms with Gasteiger partial charge in [-0.15, -0.1) is 0 Å². The molecule has 0 N–H and O–H groups in total. The Morgan fingerprint density at radius 2 is 1.56 bits per heavy atom. The third-order valence-electron chi connectivity index (χ3n) is 6.17. The van der Waals surface area contributed by atoms with E-state index in [0.29, 0.717) is 11.8 Å². The summed E-state index contributed by atoms with van der Waals surface area (Å²) >= 11 is 0. The van der Waals surface area contributed by atoms with Gasteiger partial charge in [-0.05, 0) is 56.1 Å². The lowest BCUT2D eigenvalue weighted by atomic mass is 9.80. The lowest BCUT2D eigenvalue weighted by Crippen LogP contribution is -2.43. The number of carbonyl (C=O) groups excluding carboxylic acids is 2. The molecule has 0 radical (unpaired) electrons. The van der Waals surface area contributed by atoms with E-state index in [1.807, 2.05) is 9.80 Å². The van der Waals surface area contributed by atoms with Crippen LogP contribution in [0.3, 0.4) is 0 Å². The predicted octanol–water partition coefficient (Wildman–Crippen LogP) is 4.03. The molecule has 4 nitrogen and oxygen atoms in total. The van der Waals surface area contributed by atoms with E-state index in [0.717, 1.165) is 71.1 Å². The van der Waals surface area contributed by atoms with E-state index in [1.165, 1.54) is 11.1 Å². The molecule has 3 rings (SSSR count). The molecule has 148 valence electrons. The number of hydrogen-bond acceptors (Lipinski definition) is 2. The Morgan fingerprint density at radius 1 is 0.963 bits per heavy atom. The Kier molecular flexibility index (Phi) is 6.92. The summed E-state index contributed by atoms with van der Waals surface area (Å²) in [7, 11) is 0. The fourth-order valence-electron chi connectivity index (χ4n) is 4.66. The van der Waals surface area contributed by atoms with Crippen molar-refractivity contribution in [3.63, 3.8) is 0 Å². The normalized spacial score (nSPS) is 22.2. The molecule has 0 aromatic heterocycles. The number of carbonyl (C=O) groups is 2. The van der Waals surface area contributed by atoms with E-state index in [-0.39, 0.29) is 11.8 Å². The third kappa shape index (κ3) is 4.72. The predicted molar refractivity (Wildman–Crippen MR) is 108 cm³/mol. The Hall–Kier alpha value is -1.84. The summed E-state index contributed by atoms with van der Waals surface area (Å²) in [6, 6.07) is 8.45. The van der Waals surface area contributed by atoms with Gasteiger partial charge >= 0.3 is 0 Å². The van der Waals surface area contributed by atoms with E-state index in [4.69, 9.17) is 0 Å². The molecule has 2 amide bonds. The zero-order chi connectivity index (χ0) is 19.2. The molecule has 1 aliphatic heterocycles. The lowest BCUT2D eigenvalue weighted by Gasteiger charge is -2.35. The second-order valence-corrected chi connectivity index (χ2v) is 8.15. The van der Waals surface area contributed by atoms with Gasteiger partial charge in [0.2, 0.25) is 11.8 Å². The van der Waals surface area contributed by atoms with Crippen LogP contribution >= 0.6 is 0 Å². The maximum Gasteiger partial charge on any atom is 0.225 e. The molecule has 0 saturated heterocycles. The summed E-state index contributed by atoms with van der Waals surface area (Å²) in [5.41, 5.74) is 2.67. The van der Waals surface area contributed by atoms with Gasteiger partial charge in [0.05, 0.1) is 0 Å². The topological polar surface area (TPSA) is 40.6 Å². The monoisotopic (exact) mass is 370 g/mol. The zero-order valence-electron chi connectivity index (χ0n) is 17.0. The van der Waals surface area contributed by atoms with Gasteiger partial charge in [0, 0.05) is 38.0 Å². The standard InChI is InChI=1S/C23H34N2O2/c1-3-14-24(15-4-2)22(26)19-9-11-20(12-10-19)23(27)25-16-13-18-7-5-6-8-21(18)17-25/h5-8,19-20H,3-4,9-17H2,1-2H3. The van der Waals surface area contributed by atoms with Gasteiger partial charge in [0.15, 0.2) is 0 Å². The summed E-state index contributed by atoms with van der Waals surface area (Å²) in [6.07, 6.45) is 6.43. The van der Waals surface area contributed by atoms with Crippen LogP contribution in [-0.4, -0.2) is 41.2 Å². The van der Waals surface area contributed by atoms with Crippen LogP contribution in [-0.2, 0) is 22.6 Å². The summed E-state index contributed by atoms with van der Waals surface area (Å²) in [6.45, 7) is 7.55. The van der Waals surface area contributed by atoms with E-state index < -0.39 is 0 Å². The maximum atomic E-state index is 13.0. The van der Waals surface area contributed by atoms with Crippen LogP contribution < -0.4 is 0 Å². The van der Waals surface area contributed by atoms with Gasteiger partial charge in [0.1, 0.15) is 0 Å². The number of benzene rings is 1. The average molecular weight is 371 g/mol. The Balaban J connectivity index is 1.53. The molecule has 1 saturated carbocycles. The van der Waals surface area contributed by atoms with Crippen molar-refractivity contribution in [3.8, 4) is 0 Å². The molecule has 2 aliphatic rings. The van der Waals surface area contributed by atoms with Crippen LogP contribution in [0.4, 0.5) is 0 Å². The van der Waals surface area contributed by atoms with Crippen molar-refractivity contribution >= 4 is 11.8 Å². The van der Waals surface area contributed by atoms with Crippen LogP contribution in [0.2, 0.25) is 0 Å². The molecule has 0 spiro atoms. The molecule has 1 fully saturated rings. The Bertz CT molecular complexity index is 644. The maximum absolute atomic E-state index is 13.0. The number of amides is 2. The number of nitrogens with zero attached hydrogens (tertiary/aromatic N) is 2. The molecule has 27 heavy (non-hydrogen) atoms. The highest BCUT2D eigenvalue weighted by atomic mass is 16.2. The van der Waals surface area contributed by atoms with Gasteiger partial charge in [-0.25, -0.2) is 0 Å². The Morgan fingerprint density at radius 3 is 2.19 bits per heavy atom. The van der Waals surface area contributed by atoms with Crippen LogP contribution in [0, 0.1) is 11.8 Å². The average Bonchev–Trinajstić information content (AvgIpc) is 2.72. The smallest absolute Gasteiger partial charge is 0.225 e. The first-order valence-electron chi connectivity index (χ1n) is 10.8. The number of rotatable bonds is 6. The Labute approximate surface area is 163 Å². The summed E-state index contributed by atoms with van der Waals surface area (Å²) < 4.78 is 0. The second kappa shape index (κ2) is 9.38. The van der Waals surface area contributed by atoms with E-state index in [1.54, 1.807) is 0 Å². The molecule has 1 heterocycles. The molecule has 1 aliphatic carbocycles. The van der Waals surface area contributed by atoms with Crippen LogP contribution in [0.15, 0.2) is 24.3 Å². The van der Waals surface area contributed by atoms with Crippen LogP contribution in [0.5, 0.6) is 0 Å². The van der Waals surface area contributed by atoms with Gasteiger partial charge in [0.25, 0.3) is 0 Å². The first kappa shape index (κ1) is 19.9. The largest absolute Gasteiger partial charge is 0.342 e. The SMILES string of the molecule is CCCN(CCC)C(=O)C1CCC(C(=O)N2CCc3ccccc3C2)CC1. The summed E-state index contributed by atoms with van der Waals surface area (Å²) in [5.74, 6) is 0.838. The van der Waals surface area contributed by atoms with Crippen molar-refractivity contribution in [2.45, 2.75) is 65.3 Å². The van der Waals surface area contributed by atoms with Crippen molar-refractivity contribution < 1.29 is 9.59 Å². The quantitative estimate of drug-likeness (QED) is 0.759. The van der Waals surface area contributed by atoms with E-state index >= 15 is 0 Å². The minimum Gasteiger partial charge on any atom is -0.342 e. The molecular weight excluding hydrogens is 336 g/mol. The van der Waals surface area contributed by atoms with Gasteiger partial charge in [-0.1, -0.05) is 38.1 Å². The number of fused-ring (bicyclic) bond motifs is 1. The van der Waals surface area contributed by atoms with Gasteiger partial charge in [-0.2, -0.15) is 0 Å². The van der Waals surface area contributed by atoms with Crippen molar-refractivity contribution in [1.82, 2.24) is 9.80 Å². The molecule has 0 unspecified atom stereocenters. The summed E-state index contributed by atoms with van der Waals surface area (Å²) in [5, 5.41) is 0. The van der Waals surface area contributed by atoms with Crippen LogP contribution in [0.1, 0.15) is 63.5 Å². The minimum atomic E-state index is 0.102. The van der Waals surface area contributed by atoms with Crippen molar-refractivity contribution in [3.05, 3.63) is 35.4 Å². The highest BCUT2D eigenvalue weighted by molar-refractivity contribution is 5.81.